The molecule has 1 unspecified atom stereocenters. The Morgan fingerprint density at radius 2 is 1.75 bits per heavy atom. The fraction of sp³-hybridized carbons (Fsp3) is 0.556. The Hall–Kier alpha value is -4.24. The van der Waals surface area contributed by atoms with E-state index in [0.29, 0.717) is 39.1 Å². The number of aryl methyl sites for hydroxylation is 1. The fourth-order valence-corrected chi connectivity index (χ4v) is 8.20. The molecular weight excluding hydrogens is 672 g/mol. The van der Waals surface area contributed by atoms with Gasteiger partial charge < -0.3 is 24.7 Å². The molecule has 2 saturated carbocycles. The van der Waals surface area contributed by atoms with Crippen molar-refractivity contribution in [2.45, 2.75) is 74.8 Å². The molecule has 3 aliphatic heterocycles. The van der Waals surface area contributed by atoms with Crippen molar-refractivity contribution in [3.05, 3.63) is 75.7 Å². The van der Waals surface area contributed by atoms with Crippen LogP contribution in [0.3, 0.4) is 0 Å². The number of likely N-dealkylation sites (tertiary alicyclic amines) is 1. The highest BCUT2D eigenvalue weighted by atomic mass is 19.4. The van der Waals surface area contributed by atoms with Crippen molar-refractivity contribution in [2.75, 3.05) is 31.6 Å². The molecule has 0 radical (unpaired) electrons. The van der Waals surface area contributed by atoms with Gasteiger partial charge >= 0.3 is 6.18 Å². The number of nitrogens with one attached hydrogen (secondary N) is 2. The van der Waals surface area contributed by atoms with E-state index >= 15 is 4.39 Å². The number of anilines is 1. The zero-order valence-corrected chi connectivity index (χ0v) is 28.1. The first-order valence-electron chi connectivity index (χ1n) is 17.6. The summed E-state index contributed by atoms with van der Waals surface area (Å²) in [5.74, 6) is -1.28. The van der Waals surface area contributed by atoms with Gasteiger partial charge in [-0.25, -0.2) is 4.39 Å². The van der Waals surface area contributed by atoms with Crippen LogP contribution >= 0.6 is 0 Å². The Morgan fingerprint density at radius 1 is 1.04 bits per heavy atom. The highest BCUT2D eigenvalue weighted by molar-refractivity contribution is 6.01. The number of nitrogens with zero attached hydrogens (tertiary/aromatic N) is 4. The lowest BCUT2D eigenvalue weighted by Crippen LogP contribution is -2.57. The topological polar surface area (TPSA) is 120 Å². The Morgan fingerprint density at radius 3 is 2.33 bits per heavy atom. The van der Waals surface area contributed by atoms with E-state index in [1.54, 1.807) is 13.1 Å². The summed E-state index contributed by atoms with van der Waals surface area (Å²) in [6, 6.07) is 4.08. The van der Waals surface area contributed by atoms with E-state index in [1.807, 2.05) is 0 Å². The van der Waals surface area contributed by atoms with Gasteiger partial charge in [-0.15, -0.1) is 0 Å². The van der Waals surface area contributed by atoms with Crippen LogP contribution in [0.5, 0.6) is 5.75 Å². The number of fused-ring (bicyclic) bond motifs is 1. The predicted octanol–water partition coefficient (Wildman–Crippen LogP) is 4.52. The minimum Gasteiger partial charge on any atom is -0.487 e. The quantitative estimate of drug-likeness (QED) is 0.314. The van der Waals surface area contributed by atoms with Gasteiger partial charge in [0.15, 0.2) is 0 Å². The minimum atomic E-state index is -4.70. The standard InChI is InChI=1S/C36H40F4N6O5/c1-44-27(8-11-41-44)33(48)43-32(31(20-2-3-20)21-4-5-21)34(49)42-26-15-29-24(14-25(26)37)28(46-17-22(36(38,39)40)6-7-30(46)47)16-35(51-29)9-12-45(13-10-35)23-18-50-19-23/h6-8,11,14-15,17,20-21,23,28,31-32H,2-5,9-10,12-13,16,18-19H2,1H3,(H,42,49)(H,43,48)/t28?,32-/m0/s1. The highest BCUT2D eigenvalue weighted by Crippen LogP contribution is 2.51. The summed E-state index contributed by atoms with van der Waals surface area (Å²) >= 11 is 0. The normalized spacial score (nSPS) is 22.6. The molecule has 1 aromatic carbocycles. The summed E-state index contributed by atoms with van der Waals surface area (Å²) in [6.45, 7) is 2.57. The van der Waals surface area contributed by atoms with Crippen molar-refractivity contribution in [3.63, 3.8) is 0 Å². The third kappa shape index (κ3) is 6.65. The van der Waals surface area contributed by atoms with E-state index in [4.69, 9.17) is 9.47 Å². The lowest BCUT2D eigenvalue weighted by Gasteiger charge is -2.49. The van der Waals surface area contributed by atoms with Crippen LogP contribution in [0.1, 0.15) is 72.6 Å². The Labute approximate surface area is 291 Å². The highest BCUT2D eigenvalue weighted by Gasteiger charge is 2.49. The molecule has 2 aromatic heterocycles. The van der Waals surface area contributed by atoms with Crippen molar-refractivity contribution in [1.82, 2.24) is 24.6 Å². The largest absolute Gasteiger partial charge is 0.487 e. The van der Waals surface area contributed by atoms with Crippen LogP contribution in [-0.4, -0.2) is 75.0 Å². The van der Waals surface area contributed by atoms with Gasteiger partial charge in [0, 0.05) is 56.6 Å². The van der Waals surface area contributed by atoms with E-state index in [0.717, 1.165) is 54.6 Å². The van der Waals surface area contributed by atoms with E-state index in [2.05, 4.69) is 20.6 Å². The van der Waals surface area contributed by atoms with E-state index in [9.17, 15) is 27.6 Å². The summed E-state index contributed by atoms with van der Waals surface area (Å²) in [5, 5.41) is 9.70. The number of alkyl halides is 3. The van der Waals surface area contributed by atoms with Gasteiger partial charge in [0.2, 0.25) is 5.91 Å². The van der Waals surface area contributed by atoms with Crippen molar-refractivity contribution in [3.8, 4) is 5.75 Å². The molecule has 2 aliphatic carbocycles. The summed E-state index contributed by atoms with van der Waals surface area (Å²) in [4.78, 5) is 42.9. The van der Waals surface area contributed by atoms with Crippen LogP contribution in [0.15, 0.2) is 47.5 Å². The SMILES string of the molecule is Cn1nccc1C(=O)N[C@H](C(=O)Nc1cc2c(cc1F)C(n1cc(C(F)(F)F)ccc1=O)CC1(CCN(C3COC3)CC1)O2)C(C1CC1)C1CC1. The number of ether oxygens (including phenoxy) is 2. The van der Waals surface area contributed by atoms with Crippen LogP contribution in [-0.2, 0) is 22.8 Å². The summed E-state index contributed by atoms with van der Waals surface area (Å²) in [7, 11) is 1.63. The molecule has 51 heavy (non-hydrogen) atoms. The maximum atomic E-state index is 16.1. The van der Waals surface area contributed by atoms with E-state index in [-0.39, 0.29) is 52.9 Å². The molecule has 5 heterocycles. The Balaban J connectivity index is 1.13. The third-order valence-electron chi connectivity index (χ3n) is 11.4. The lowest BCUT2D eigenvalue weighted by molar-refractivity contribution is -0.138. The second-order valence-corrected chi connectivity index (χ2v) is 14.8. The number of amides is 2. The summed E-state index contributed by atoms with van der Waals surface area (Å²) in [5.41, 5.74) is -2.19. The molecule has 15 heteroatoms. The van der Waals surface area contributed by atoms with Crippen molar-refractivity contribution >= 4 is 17.5 Å². The molecule has 8 rings (SSSR count). The van der Waals surface area contributed by atoms with Crippen molar-refractivity contribution in [1.29, 1.82) is 0 Å². The molecule has 0 bridgehead atoms. The summed E-state index contributed by atoms with van der Waals surface area (Å²) in [6.07, 6.45) is 2.56. The number of pyridine rings is 1. The molecule has 2 N–H and O–H groups in total. The first-order valence-corrected chi connectivity index (χ1v) is 17.6. The number of aromatic nitrogens is 3. The smallest absolute Gasteiger partial charge is 0.417 e. The van der Waals surface area contributed by atoms with E-state index in [1.165, 1.54) is 16.9 Å². The van der Waals surface area contributed by atoms with Crippen LogP contribution in [0.4, 0.5) is 23.2 Å². The van der Waals surface area contributed by atoms with Crippen molar-refractivity contribution < 1.29 is 36.6 Å². The van der Waals surface area contributed by atoms with Crippen LogP contribution in [0, 0.1) is 23.6 Å². The fourth-order valence-electron chi connectivity index (χ4n) is 8.20. The molecule has 2 atom stereocenters. The Kier molecular flexibility index (Phi) is 8.48. The van der Waals surface area contributed by atoms with E-state index < -0.39 is 52.6 Å². The minimum absolute atomic E-state index is 0.120. The van der Waals surface area contributed by atoms with Gasteiger partial charge in [-0.05, 0) is 74.5 Å². The average molecular weight is 713 g/mol. The number of benzene rings is 1. The van der Waals surface area contributed by atoms with Gasteiger partial charge in [-0.1, -0.05) is 0 Å². The van der Waals surface area contributed by atoms with Crippen molar-refractivity contribution in [2.24, 2.45) is 24.8 Å². The molecule has 2 amide bonds. The van der Waals surface area contributed by atoms with Crippen LogP contribution in [0.25, 0.3) is 0 Å². The number of piperidine rings is 1. The number of halogens is 4. The zero-order valence-electron chi connectivity index (χ0n) is 28.1. The molecule has 4 fully saturated rings. The first-order chi connectivity index (χ1) is 24.4. The first kappa shape index (κ1) is 33.9. The van der Waals surface area contributed by atoms with Gasteiger partial charge in [0.05, 0.1) is 36.5 Å². The van der Waals surface area contributed by atoms with Gasteiger partial charge in [-0.2, -0.15) is 18.3 Å². The third-order valence-corrected chi connectivity index (χ3v) is 11.4. The maximum Gasteiger partial charge on any atom is 0.417 e. The van der Waals surface area contributed by atoms with Crippen LogP contribution in [0.2, 0.25) is 0 Å². The van der Waals surface area contributed by atoms with Gasteiger partial charge in [0.1, 0.15) is 28.9 Å². The lowest BCUT2D eigenvalue weighted by atomic mass is 9.80. The molecule has 5 aliphatic rings. The Bertz CT molecular complexity index is 1880. The predicted molar refractivity (Wildman–Crippen MR) is 176 cm³/mol. The van der Waals surface area contributed by atoms with Crippen LogP contribution < -0.4 is 20.9 Å². The molecule has 2 saturated heterocycles. The molecular formula is C36H40F4N6O5. The number of hydrogen-bond acceptors (Lipinski definition) is 7. The second-order valence-electron chi connectivity index (χ2n) is 14.8. The molecule has 3 aromatic rings. The number of carbonyl (C=O) groups is 2. The summed E-state index contributed by atoms with van der Waals surface area (Å²) < 4.78 is 72.0. The monoisotopic (exact) mass is 712 g/mol. The number of carbonyl (C=O) groups excluding carboxylic acids is 2. The van der Waals surface area contributed by atoms with Gasteiger partial charge in [-0.3, -0.25) is 24.0 Å². The maximum absolute atomic E-state index is 16.1. The molecule has 11 nitrogen and oxygen atoms in total. The molecule has 272 valence electrons. The average Bonchev–Trinajstić information content (AvgIpc) is 4.01. The van der Waals surface area contributed by atoms with Gasteiger partial charge in [0.25, 0.3) is 11.5 Å². The number of rotatable bonds is 9. The number of hydrogen-bond donors (Lipinski definition) is 2. The second kappa shape index (κ2) is 12.8. The zero-order chi connectivity index (χ0) is 35.7. The molecule has 1 spiro atoms.